The maximum absolute atomic E-state index is 3.72. The van der Waals surface area contributed by atoms with Gasteiger partial charge in [-0.3, -0.25) is 0 Å². The highest BCUT2D eigenvalue weighted by atomic mass is 14.9. The van der Waals surface area contributed by atoms with Crippen LogP contribution in [0.2, 0.25) is 0 Å². The van der Waals surface area contributed by atoms with Crippen molar-refractivity contribution in [3.8, 4) is 0 Å². The molecule has 2 rings (SSSR count). The zero-order chi connectivity index (χ0) is 12.3. The largest absolute Gasteiger partial charge is 0.310 e. The summed E-state index contributed by atoms with van der Waals surface area (Å²) in [5.74, 6) is 0.977. The minimum atomic E-state index is 0.572. The molecule has 0 amide bonds. The van der Waals surface area contributed by atoms with Gasteiger partial charge in [0.05, 0.1) is 0 Å². The molecule has 1 heteroatoms. The average molecular weight is 231 g/mol. The lowest BCUT2D eigenvalue weighted by atomic mass is 9.95. The van der Waals surface area contributed by atoms with E-state index in [2.05, 4.69) is 44.3 Å². The van der Waals surface area contributed by atoms with E-state index in [1.54, 1.807) is 0 Å². The number of hydrogen-bond donors (Lipinski definition) is 1. The van der Waals surface area contributed by atoms with Gasteiger partial charge in [0.2, 0.25) is 0 Å². The summed E-state index contributed by atoms with van der Waals surface area (Å²) in [5.41, 5.74) is 4.32. The Kier molecular flexibility index (Phi) is 4.22. The predicted molar refractivity (Wildman–Crippen MR) is 74.3 cm³/mol. The second-order valence-electron chi connectivity index (χ2n) is 5.55. The van der Waals surface area contributed by atoms with Crippen LogP contribution in [0.1, 0.15) is 55.3 Å². The molecule has 0 radical (unpaired) electrons. The number of aryl methyl sites for hydroxylation is 2. The first-order chi connectivity index (χ1) is 8.20. The van der Waals surface area contributed by atoms with Gasteiger partial charge in [-0.05, 0) is 50.3 Å². The van der Waals surface area contributed by atoms with E-state index in [4.69, 9.17) is 0 Å². The Balaban J connectivity index is 2.11. The first-order valence-electron chi connectivity index (χ1n) is 7.01. The van der Waals surface area contributed by atoms with E-state index >= 15 is 0 Å². The van der Waals surface area contributed by atoms with Crippen molar-refractivity contribution in [1.29, 1.82) is 0 Å². The molecule has 1 aliphatic carbocycles. The van der Waals surface area contributed by atoms with Crippen molar-refractivity contribution in [3.63, 3.8) is 0 Å². The Morgan fingerprint density at radius 3 is 2.65 bits per heavy atom. The second-order valence-corrected chi connectivity index (χ2v) is 5.55. The maximum Gasteiger partial charge on any atom is 0.0325 e. The fourth-order valence-electron chi connectivity index (χ4n) is 2.54. The predicted octanol–water partition coefficient (Wildman–Crippen LogP) is 4.14. The monoisotopic (exact) mass is 231 g/mol. The highest BCUT2D eigenvalue weighted by Gasteiger charge is 2.26. The van der Waals surface area contributed by atoms with Crippen molar-refractivity contribution in [3.05, 3.63) is 34.9 Å². The van der Waals surface area contributed by atoms with Gasteiger partial charge in [0, 0.05) is 6.04 Å². The van der Waals surface area contributed by atoms with E-state index in [0.717, 1.165) is 12.5 Å². The van der Waals surface area contributed by atoms with Gasteiger partial charge in [-0.1, -0.05) is 43.5 Å². The van der Waals surface area contributed by atoms with E-state index in [-0.39, 0.29) is 0 Å². The summed E-state index contributed by atoms with van der Waals surface area (Å²) in [6, 6.07) is 7.45. The molecule has 1 aromatic carbocycles. The normalized spacial score (nSPS) is 17.1. The van der Waals surface area contributed by atoms with Gasteiger partial charge in [0.1, 0.15) is 0 Å². The molecule has 0 saturated heterocycles. The average Bonchev–Trinajstić information content (AvgIpc) is 3.08. The van der Waals surface area contributed by atoms with E-state index in [9.17, 15) is 0 Å². The SMILES string of the molecule is CCCNC(CC1CC1)c1ccc(C)cc1C. The quantitative estimate of drug-likeness (QED) is 0.775. The molecule has 94 valence electrons. The van der Waals surface area contributed by atoms with Crippen LogP contribution >= 0.6 is 0 Å². The molecule has 1 aliphatic rings. The molecule has 0 spiro atoms. The Hall–Kier alpha value is -0.820. The van der Waals surface area contributed by atoms with Gasteiger partial charge in [0.15, 0.2) is 0 Å². The summed E-state index contributed by atoms with van der Waals surface area (Å²) in [5, 5.41) is 3.72. The summed E-state index contributed by atoms with van der Waals surface area (Å²) in [4.78, 5) is 0. The third-order valence-corrected chi connectivity index (χ3v) is 3.71. The van der Waals surface area contributed by atoms with Gasteiger partial charge < -0.3 is 5.32 Å². The van der Waals surface area contributed by atoms with E-state index in [1.165, 1.54) is 42.4 Å². The third-order valence-electron chi connectivity index (χ3n) is 3.71. The molecular weight excluding hydrogens is 206 g/mol. The van der Waals surface area contributed by atoms with Crippen molar-refractivity contribution < 1.29 is 0 Å². The molecule has 0 bridgehead atoms. The molecule has 1 unspecified atom stereocenters. The van der Waals surface area contributed by atoms with E-state index in [0.29, 0.717) is 6.04 Å². The van der Waals surface area contributed by atoms with Gasteiger partial charge in [-0.15, -0.1) is 0 Å². The standard InChI is InChI=1S/C16H25N/c1-4-9-17-16(11-14-6-7-14)15-8-5-12(2)10-13(15)3/h5,8,10,14,16-17H,4,6-7,9,11H2,1-3H3. The number of nitrogens with one attached hydrogen (secondary N) is 1. The number of benzene rings is 1. The van der Waals surface area contributed by atoms with Gasteiger partial charge >= 0.3 is 0 Å². The molecule has 1 nitrogen and oxygen atoms in total. The van der Waals surface area contributed by atoms with E-state index in [1.807, 2.05) is 0 Å². The minimum Gasteiger partial charge on any atom is -0.310 e. The van der Waals surface area contributed by atoms with Crippen LogP contribution in [0.25, 0.3) is 0 Å². The summed E-state index contributed by atoms with van der Waals surface area (Å²) in [7, 11) is 0. The molecule has 1 atom stereocenters. The first kappa shape index (κ1) is 12.6. The van der Waals surface area contributed by atoms with Crippen LogP contribution in [-0.2, 0) is 0 Å². The van der Waals surface area contributed by atoms with E-state index < -0.39 is 0 Å². The zero-order valence-electron chi connectivity index (χ0n) is 11.4. The minimum absolute atomic E-state index is 0.572. The van der Waals surface area contributed by atoms with Crippen LogP contribution < -0.4 is 5.32 Å². The van der Waals surface area contributed by atoms with Crippen molar-refractivity contribution in [2.45, 2.75) is 52.5 Å². The van der Waals surface area contributed by atoms with Crippen LogP contribution in [-0.4, -0.2) is 6.54 Å². The fraction of sp³-hybridized carbons (Fsp3) is 0.625. The van der Waals surface area contributed by atoms with Crippen LogP contribution in [0, 0.1) is 19.8 Å². The van der Waals surface area contributed by atoms with Crippen molar-refractivity contribution in [2.24, 2.45) is 5.92 Å². The maximum atomic E-state index is 3.72. The van der Waals surface area contributed by atoms with Gasteiger partial charge in [0.25, 0.3) is 0 Å². The lowest BCUT2D eigenvalue weighted by molar-refractivity contribution is 0.472. The van der Waals surface area contributed by atoms with Crippen LogP contribution in [0.5, 0.6) is 0 Å². The smallest absolute Gasteiger partial charge is 0.0325 e. The number of hydrogen-bond acceptors (Lipinski definition) is 1. The molecule has 1 aromatic rings. The van der Waals surface area contributed by atoms with Crippen LogP contribution in [0.4, 0.5) is 0 Å². The molecule has 17 heavy (non-hydrogen) atoms. The highest BCUT2D eigenvalue weighted by molar-refractivity contribution is 5.33. The van der Waals surface area contributed by atoms with Crippen molar-refractivity contribution in [1.82, 2.24) is 5.32 Å². The fourth-order valence-corrected chi connectivity index (χ4v) is 2.54. The topological polar surface area (TPSA) is 12.0 Å². The third kappa shape index (κ3) is 3.57. The zero-order valence-corrected chi connectivity index (χ0v) is 11.4. The summed E-state index contributed by atoms with van der Waals surface area (Å²) in [6.45, 7) is 7.79. The summed E-state index contributed by atoms with van der Waals surface area (Å²) < 4.78 is 0. The molecule has 1 saturated carbocycles. The van der Waals surface area contributed by atoms with Crippen LogP contribution in [0.3, 0.4) is 0 Å². The summed E-state index contributed by atoms with van der Waals surface area (Å²) >= 11 is 0. The molecular formula is C16H25N. The Morgan fingerprint density at radius 2 is 2.06 bits per heavy atom. The molecule has 1 N–H and O–H groups in total. The Morgan fingerprint density at radius 1 is 1.29 bits per heavy atom. The highest BCUT2D eigenvalue weighted by Crippen LogP contribution is 2.38. The molecule has 0 aliphatic heterocycles. The van der Waals surface area contributed by atoms with Crippen LogP contribution in [0.15, 0.2) is 18.2 Å². The lowest BCUT2D eigenvalue weighted by Gasteiger charge is -2.21. The molecule has 1 fully saturated rings. The second kappa shape index (κ2) is 5.68. The van der Waals surface area contributed by atoms with Crippen molar-refractivity contribution >= 4 is 0 Å². The number of rotatable bonds is 6. The molecule has 0 aromatic heterocycles. The lowest BCUT2D eigenvalue weighted by Crippen LogP contribution is -2.23. The van der Waals surface area contributed by atoms with Gasteiger partial charge in [-0.25, -0.2) is 0 Å². The first-order valence-corrected chi connectivity index (χ1v) is 7.01. The van der Waals surface area contributed by atoms with Gasteiger partial charge in [-0.2, -0.15) is 0 Å². The Labute approximate surface area is 106 Å². The summed E-state index contributed by atoms with van der Waals surface area (Å²) in [6.07, 6.45) is 5.42. The van der Waals surface area contributed by atoms with Crippen molar-refractivity contribution in [2.75, 3.05) is 6.54 Å². The Bertz CT molecular complexity index is 366. The molecule has 0 heterocycles.